The molecule has 8 heteroatoms. The molecule has 0 atom stereocenters. The number of halogens is 1. The molecule has 0 aliphatic rings. The van der Waals surface area contributed by atoms with E-state index in [0.717, 1.165) is 5.56 Å². The van der Waals surface area contributed by atoms with E-state index >= 15 is 0 Å². The first-order chi connectivity index (χ1) is 13.8. The molecule has 1 amide bonds. The molecule has 0 aliphatic carbocycles. The quantitative estimate of drug-likeness (QED) is 0.329. The minimum absolute atomic E-state index is 0.0734. The smallest absolute Gasteiger partial charge is 0.339 e. The van der Waals surface area contributed by atoms with Crippen molar-refractivity contribution in [2.24, 2.45) is 5.10 Å². The van der Waals surface area contributed by atoms with Gasteiger partial charge < -0.3 is 4.18 Å². The zero-order valence-corrected chi connectivity index (χ0v) is 17.8. The standard InChI is InChI=1S/C21H17BrN2O4S/c1-15-7-10-18(11-8-15)29(26,27)28-20-12-9-16(13-19(20)22)14-23-24-21(25)17-5-3-2-4-6-17/h2-14H,1H3,(H,24,25)/b23-14-. The second-order valence-corrected chi connectivity index (χ2v) is 8.51. The van der Waals surface area contributed by atoms with Gasteiger partial charge in [0.15, 0.2) is 5.75 Å². The lowest BCUT2D eigenvalue weighted by molar-refractivity contribution is 0.0955. The van der Waals surface area contributed by atoms with E-state index in [1.807, 2.05) is 13.0 Å². The molecule has 148 valence electrons. The Morgan fingerprint density at radius 2 is 1.72 bits per heavy atom. The van der Waals surface area contributed by atoms with Gasteiger partial charge in [0.05, 0.1) is 10.7 Å². The molecule has 0 aliphatic heterocycles. The topological polar surface area (TPSA) is 84.8 Å². The van der Waals surface area contributed by atoms with Crippen LogP contribution < -0.4 is 9.61 Å². The van der Waals surface area contributed by atoms with Crippen molar-refractivity contribution in [1.29, 1.82) is 0 Å². The van der Waals surface area contributed by atoms with Crippen LogP contribution in [0.1, 0.15) is 21.5 Å². The van der Waals surface area contributed by atoms with Crippen LogP contribution in [0.3, 0.4) is 0 Å². The summed E-state index contributed by atoms with van der Waals surface area (Å²) in [5.74, 6) is -0.180. The Balaban J connectivity index is 1.68. The summed E-state index contributed by atoms with van der Waals surface area (Å²) in [6.07, 6.45) is 1.45. The first-order valence-corrected chi connectivity index (χ1v) is 10.7. The summed E-state index contributed by atoms with van der Waals surface area (Å²) in [5, 5.41) is 3.91. The monoisotopic (exact) mass is 472 g/mol. The van der Waals surface area contributed by atoms with Crippen molar-refractivity contribution in [2.75, 3.05) is 0 Å². The summed E-state index contributed by atoms with van der Waals surface area (Å²) in [7, 11) is -3.94. The largest absolute Gasteiger partial charge is 0.378 e. The Bertz CT molecular complexity index is 1150. The van der Waals surface area contributed by atoms with Gasteiger partial charge in [0.25, 0.3) is 5.91 Å². The van der Waals surface area contributed by atoms with Crippen molar-refractivity contribution in [1.82, 2.24) is 5.43 Å². The van der Waals surface area contributed by atoms with E-state index in [9.17, 15) is 13.2 Å². The Labute approximate surface area is 177 Å². The SMILES string of the molecule is Cc1ccc(S(=O)(=O)Oc2ccc(/C=N\NC(=O)c3ccccc3)cc2Br)cc1. The molecule has 0 heterocycles. The summed E-state index contributed by atoms with van der Waals surface area (Å²) in [4.78, 5) is 12.0. The second-order valence-electron chi connectivity index (χ2n) is 6.11. The van der Waals surface area contributed by atoms with Crippen LogP contribution in [-0.2, 0) is 10.1 Å². The van der Waals surface area contributed by atoms with Crippen molar-refractivity contribution in [3.05, 3.63) is 94.0 Å². The van der Waals surface area contributed by atoms with E-state index in [4.69, 9.17) is 4.18 Å². The van der Waals surface area contributed by atoms with Gasteiger partial charge in [-0.25, -0.2) is 5.43 Å². The fraction of sp³-hybridized carbons (Fsp3) is 0.0476. The Morgan fingerprint density at radius 1 is 1.03 bits per heavy atom. The minimum atomic E-state index is -3.94. The average Bonchev–Trinajstić information content (AvgIpc) is 2.71. The van der Waals surface area contributed by atoms with Gasteiger partial charge in [-0.3, -0.25) is 4.79 Å². The third kappa shape index (κ3) is 5.52. The molecule has 3 aromatic rings. The maximum absolute atomic E-state index is 12.4. The van der Waals surface area contributed by atoms with Crippen LogP contribution in [-0.4, -0.2) is 20.5 Å². The molecule has 0 saturated heterocycles. The predicted octanol–water partition coefficient (Wildman–Crippen LogP) is 4.29. The summed E-state index contributed by atoms with van der Waals surface area (Å²) in [6.45, 7) is 1.87. The van der Waals surface area contributed by atoms with E-state index < -0.39 is 10.1 Å². The molecule has 29 heavy (non-hydrogen) atoms. The van der Waals surface area contributed by atoms with Crippen LogP contribution in [0.15, 0.2) is 87.3 Å². The first kappa shape index (κ1) is 20.8. The number of hydrazone groups is 1. The highest BCUT2D eigenvalue weighted by atomic mass is 79.9. The molecule has 0 spiro atoms. The normalized spacial score (nSPS) is 11.4. The third-order valence-corrected chi connectivity index (χ3v) is 5.75. The van der Waals surface area contributed by atoms with Crippen LogP contribution >= 0.6 is 15.9 Å². The molecule has 0 saturated carbocycles. The van der Waals surface area contributed by atoms with Crippen LogP contribution in [0, 0.1) is 6.92 Å². The van der Waals surface area contributed by atoms with Gasteiger partial charge in [-0.05, 0) is 70.9 Å². The van der Waals surface area contributed by atoms with E-state index in [-0.39, 0.29) is 16.6 Å². The van der Waals surface area contributed by atoms with Crippen LogP contribution in [0.4, 0.5) is 0 Å². The van der Waals surface area contributed by atoms with E-state index in [1.165, 1.54) is 24.4 Å². The first-order valence-electron chi connectivity index (χ1n) is 8.54. The van der Waals surface area contributed by atoms with Gasteiger partial charge in [-0.1, -0.05) is 35.9 Å². The number of carbonyl (C=O) groups is 1. The van der Waals surface area contributed by atoms with E-state index in [0.29, 0.717) is 15.6 Å². The fourth-order valence-corrected chi connectivity index (χ4v) is 3.89. The Kier molecular flexibility index (Phi) is 6.46. The number of carbonyl (C=O) groups excluding carboxylic acids is 1. The number of hydrogen-bond donors (Lipinski definition) is 1. The van der Waals surface area contributed by atoms with Gasteiger partial charge in [0.2, 0.25) is 0 Å². The van der Waals surface area contributed by atoms with E-state index in [2.05, 4.69) is 26.5 Å². The van der Waals surface area contributed by atoms with Gasteiger partial charge >= 0.3 is 10.1 Å². The van der Waals surface area contributed by atoms with Crippen molar-refractivity contribution in [3.8, 4) is 5.75 Å². The van der Waals surface area contributed by atoms with Crippen molar-refractivity contribution in [2.45, 2.75) is 11.8 Å². The molecule has 0 bridgehead atoms. The number of amides is 1. The fourth-order valence-electron chi connectivity index (χ4n) is 2.36. The van der Waals surface area contributed by atoms with Gasteiger partial charge in [0, 0.05) is 5.56 Å². The zero-order chi connectivity index (χ0) is 20.9. The molecule has 3 aromatic carbocycles. The van der Waals surface area contributed by atoms with E-state index in [1.54, 1.807) is 48.5 Å². The summed E-state index contributed by atoms with van der Waals surface area (Å²) in [6, 6.07) is 19.9. The van der Waals surface area contributed by atoms with Crippen LogP contribution in [0.2, 0.25) is 0 Å². The molecular formula is C21H17BrN2O4S. The van der Waals surface area contributed by atoms with Crippen LogP contribution in [0.25, 0.3) is 0 Å². The van der Waals surface area contributed by atoms with Crippen molar-refractivity contribution in [3.63, 3.8) is 0 Å². The summed E-state index contributed by atoms with van der Waals surface area (Å²) in [5.41, 5.74) is 4.53. The summed E-state index contributed by atoms with van der Waals surface area (Å²) >= 11 is 3.30. The Hall–Kier alpha value is -2.97. The van der Waals surface area contributed by atoms with Crippen molar-refractivity contribution >= 4 is 38.2 Å². The lowest BCUT2D eigenvalue weighted by atomic mass is 10.2. The van der Waals surface area contributed by atoms with Gasteiger partial charge in [-0.2, -0.15) is 13.5 Å². The number of nitrogens with zero attached hydrogens (tertiary/aromatic N) is 1. The Morgan fingerprint density at radius 3 is 2.38 bits per heavy atom. The zero-order valence-electron chi connectivity index (χ0n) is 15.4. The molecule has 0 radical (unpaired) electrons. The van der Waals surface area contributed by atoms with Gasteiger partial charge in [-0.15, -0.1) is 0 Å². The molecule has 3 rings (SSSR count). The maximum Gasteiger partial charge on any atom is 0.339 e. The van der Waals surface area contributed by atoms with Crippen molar-refractivity contribution < 1.29 is 17.4 Å². The maximum atomic E-state index is 12.4. The van der Waals surface area contributed by atoms with Gasteiger partial charge in [0.1, 0.15) is 4.90 Å². The highest BCUT2D eigenvalue weighted by Gasteiger charge is 2.18. The number of nitrogens with one attached hydrogen (secondary N) is 1. The highest BCUT2D eigenvalue weighted by molar-refractivity contribution is 9.10. The van der Waals surface area contributed by atoms with Crippen LogP contribution in [0.5, 0.6) is 5.75 Å². The molecule has 0 unspecified atom stereocenters. The third-order valence-electron chi connectivity index (χ3n) is 3.88. The number of aryl methyl sites for hydroxylation is 1. The molecule has 0 aromatic heterocycles. The average molecular weight is 473 g/mol. The highest BCUT2D eigenvalue weighted by Crippen LogP contribution is 2.28. The lowest BCUT2D eigenvalue weighted by Crippen LogP contribution is -2.17. The molecule has 1 N–H and O–H groups in total. The number of rotatable bonds is 6. The second kappa shape index (κ2) is 9.02. The minimum Gasteiger partial charge on any atom is -0.378 e. The number of benzene rings is 3. The molecule has 0 fully saturated rings. The lowest BCUT2D eigenvalue weighted by Gasteiger charge is -2.09. The molecule has 6 nitrogen and oxygen atoms in total. The number of hydrogen-bond acceptors (Lipinski definition) is 5. The molecular weight excluding hydrogens is 456 g/mol. The summed E-state index contributed by atoms with van der Waals surface area (Å²) < 4.78 is 30.5. The predicted molar refractivity (Wildman–Crippen MR) is 115 cm³/mol.